The van der Waals surface area contributed by atoms with Gasteiger partial charge in [-0.05, 0) is 0 Å². The summed E-state index contributed by atoms with van der Waals surface area (Å²) in [6, 6.07) is 11.8. The molecule has 1 saturated heterocycles. The Bertz CT molecular complexity index is 317. The molecule has 0 saturated carbocycles. The second kappa shape index (κ2) is 8.05. The van der Waals surface area contributed by atoms with E-state index in [-0.39, 0.29) is 0 Å². The second-order valence-electron chi connectivity index (χ2n) is 5.52. The van der Waals surface area contributed by atoms with Gasteiger partial charge in [0.2, 0.25) is 0 Å². The van der Waals surface area contributed by atoms with E-state index in [1.807, 2.05) is 0 Å². The molecular weight excluding hydrogens is 213 g/mol. The summed E-state index contributed by atoms with van der Waals surface area (Å²) >= 11 is 2.30. The third-order valence-corrected chi connectivity index (χ3v) is 4.10. The third kappa shape index (κ3) is 4.16. The van der Waals surface area contributed by atoms with Crippen LogP contribution in [-0.2, 0) is 0 Å². The number of likely N-dealkylation sites (tertiary alicyclic amines) is 1. The summed E-state index contributed by atoms with van der Waals surface area (Å²) < 4.78 is 0. The molecule has 1 nitrogen and oxygen atoms in total. The number of rotatable bonds is 5. The molecule has 1 heterocycles. The second-order valence-corrected chi connectivity index (χ2v) is 5.52. The standard InChI is InChI=1S/C16H24N.Li/c1-2-10-16(15-11-6-5-7-12-15)17-13-8-3-4-9-14-17;/h5-7,11-12,16H,1-4,8-10,13-14H2;. The molecule has 1 fully saturated rings. The van der Waals surface area contributed by atoms with E-state index in [9.17, 15) is 0 Å². The molecule has 1 atom stereocenters. The van der Waals surface area contributed by atoms with E-state index < -0.39 is 0 Å². The van der Waals surface area contributed by atoms with Crippen molar-refractivity contribution in [3.8, 4) is 0 Å². The van der Waals surface area contributed by atoms with Crippen LogP contribution in [0.4, 0.5) is 0 Å². The van der Waals surface area contributed by atoms with Gasteiger partial charge in [0.15, 0.2) is 0 Å². The van der Waals surface area contributed by atoms with Crippen molar-refractivity contribution in [1.29, 1.82) is 0 Å². The summed E-state index contributed by atoms with van der Waals surface area (Å²) in [5, 5.41) is 1.30. The Labute approximate surface area is 121 Å². The molecule has 0 aromatic heterocycles. The predicted molar refractivity (Wildman–Crippen MR) is 79.0 cm³/mol. The average Bonchev–Trinajstić information content (AvgIpc) is 2.70. The molecule has 0 aliphatic carbocycles. The van der Waals surface area contributed by atoms with E-state index in [1.165, 1.54) is 62.3 Å². The van der Waals surface area contributed by atoms with E-state index in [0.717, 1.165) is 0 Å². The molecule has 1 aromatic rings. The Hall–Kier alpha value is -0.223. The molecule has 2 heteroatoms. The van der Waals surface area contributed by atoms with Crippen LogP contribution in [-0.4, -0.2) is 35.7 Å². The Kier molecular flexibility index (Phi) is 6.35. The first-order valence-electron chi connectivity index (χ1n) is 7.71. The summed E-state index contributed by atoms with van der Waals surface area (Å²) in [5.41, 5.74) is 1.52. The van der Waals surface area contributed by atoms with Crippen LogP contribution in [0.5, 0.6) is 0 Å². The van der Waals surface area contributed by atoms with Crippen molar-refractivity contribution in [1.82, 2.24) is 4.90 Å². The first-order chi connectivity index (χ1) is 8.92. The van der Waals surface area contributed by atoms with E-state index in [1.54, 1.807) is 0 Å². The van der Waals surface area contributed by atoms with Gasteiger partial charge in [0.25, 0.3) is 0 Å². The normalized spacial score (nSPS) is 19.4. The zero-order chi connectivity index (χ0) is 12.6. The van der Waals surface area contributed by atoms with E-state index in [0.29, 0.717) is 6.04 Å². The van der Waals surface area contributed by atoms with E-state index >= 15 is 0 Å². The van der Waals surface area contributed by atoms with E-state index in [2.05, 4.69) is 52.9 Å². The Morgan fingerprint density at radius 3 is 2.28 bits per heavy atom. The van der Waals surface area contributed by atoms with Crippen LogP contribution in [0.25, 0.3) is 0 Å². The average molecular weight is 237 g/mol. The zero-order valence-electron chi connectivity index (χ0n) is 11.8. The maximum atomic E-state index is 2.73. The Morgan fingerprint density at radius 2 is 1.67 bits per heavy atom. The molecule has 0 bridgehead atoms. The Balaban J connectivity index is 2.08. The minimum atomic E-state index is 0.657. The number of nitrogens with zero attached hydrogens (tertiary/aromatic N) is 1. The number of hydrogen-bond donors (Lipinski definition) is 0. The van der Waals surface area contributed by atoms with Crippen LogP contribution in [0.15, 0.2) is 30.3 Å². The van der Waals surface area contributed by atoms with Gasteiger partial charge in [-0.15, -0.1) is 0 Å². The van der Waals surface area contributed by atoms with Crippen molar-refractivity contribution in [2.24, 2.45) is 0 Å². The molecule has 1 aliphatic rings. The first kappa shape index (κ1) is 14.2. The van der Waals surface area contributed by atoms with Gasteiger partial charge >= 0.3 is 121 Å². The molecular formula is C16H24LiN. The summed E-state index contributed by atoms with van der Waals surface area (Å²) in [6.07, 6.45) is 8.28. The third-order valence-electron chi connectivity index (χ3n) is 4.10. The van der Waals surface area contributed by atoms with Gasteiger partial charge in [-0.3, -0.25) is 0 Å². The van der Waals surface area contributed by atoms with Gasteiger partial charge < -0.3 is 0 Å². The maximum absolute atomic E-state index is 2.73. The van der Waals surface area contributed by atoms with Crippen molar-refractivity contribution in [2.75, 3.05) is 13.1 Å². The monoisotopic (exact) mass is 237 g/mol. The van der Waals surface area contributed by atoms with Gasteiger partial charge in [0.05, 0.1) is 0 Å². The van der Waals surface area contributed by atoms with Gasteiger partial charge in [0.1, 0.15) is 0 Å². The van der Waals surface area contributed by atoms with E-state index in [4.69, 9.17) is 0 Å². The molecule has 1 unspecified atom stereocenters. The SMILES string of the molecule is [Li][CH2]CCC(c1ccccc1)N1CCCCCC1. The minimum absolute atomic E-state index is 0.657. The number of benzene rings is 1. The fraction of sp³-hybridized carbons (Fsp3) is 0.625. The quantitative estimate of drug-likeness (QED) is 0.700. The van der Waals surface area contributed by atoms with Crippen molar-refractivity contribution >= 4 is 17.7 Å². The Morgan fingerprint density at radius 1 is 1.00 bits per heavy atom. The van der Waals surface area contributed by atoms with Crippen molar-refractivity contribution in [3.05, 3.63) is 35.9 Å². The molecule has 0 N–H and O–H groups in total. The van der Waals surface area contributed by atoms with Gasteiger partial charge in [-0.1, -0.05) is 0 Å². The van der Waals surface area contributed by atoms with Crippen LogP contribution < -0.4 is 0 Å². The fourth-order valence-electron chi connectivity index (χ4n) is 3.04. The molecule has 0 amide bonds. The van der Waals surface area contributed by atoms with Crippen LogP contribution in [0.3, 0.4) is 0 Å². The topological polar surface area (TPSA) is 3.24 Å². The van der Waals surface area contributed by atoms with Gasteiger partial charge in [0, 0.05) is 0 Å². The summed E-state index contributed by atoms with van der Waals surface area (Å²) in [7, 11) is 0. The molecule has 1 aromatic carbocycles. The van der Waals surface area contributed by atoms with Crippen LogP contribution in [0, 0.1) is 0 Å². The summed E-state index contributed by atoms with van der Waals surface area (Å²) in [4.78, 5) is 2.73. The summed E-state index contributed by atoms with van der Waals surface area (Å²) in [5.74, 6) is 0. The zero-order valence-corrected chi connectivity index (χ0v) is 11.8. The molecule has 18 heavy (non-hydrogen) atoms. The van der Waals surface area contributed by atoms with Crippen molar-refractivity contribution in [2.45, 2.75) is 49.7 Å². The van der Waals surface area contributed by atoms with Crippen molar-refractivity contribution < 1.29 is 0 Å². The van der Waals surface area contributed by atoms with Crippen LogP contribution in [0.1, 0.15) is 50.1 Å². The van der Waals surface area contributed by atoms with Crippen LogP contribution in [0.2, 0.25) is 5.09 Å². The molecule has 2 rings (SSSR count). The molecule has 0 spiro atoms. The van der Waals surface area contributed by atoms with Gasteiger partial charge in [-0.2, -0.15) is 0 Å². The summed E-state index contributed by atoms with van der Waals surface area (Å²) in [6.45, 7) is 2.59. The van der Waals surface area contributed by atoms with Crippen molar-refractivity contribution in [3.63, 3.8) is 0 Å². The fourth-order valence-corrected chi connectivity index (χ4v) is 3.04. The van der Waals surface area contributed by atoms with Crippen LogP contribution >= 0.6 is 0 Å². The number of hydrogen-bond acceptors (Lipinski definition) is 1. The first-order valence-corrected chi connectivity index (χ1v) is 7.71. The van der Waals surface area contributed by atoms with Gasteiger partial charge in [-0.25, -0.2) is 0 Å². The molecule has 0 radical (unpaired) electrons. The molecule has 94 valence electrons. The predicted octanol–water partition coefficient (Wildman–Crippen LogP) is 3.97. The molecule has 1 aliphatic heterocycles.